The Balaban J connectivity index is 1.64. The number of benzene rings is 2. The van der Waals surface area contributed by atoms with Gasteiger partial charge in [-0.3, -0.25) is 4.79 Å². The van der Waals surface area contributed by atoms with Crippen molar-refractivity contribution < 1.29 is 8.91 Å². The van der Waals surface area contributed by atoms with Gasteiger partial charge in [0, 0.05) is 55.8 Å². The molecule has 0 spiro atoms. The van der Waals surface area contributed by atoms with E-state index < -0.39 is 5.82 Å². The van der Waals surface area contributed by atoms with Crippen molar-refractivity contribution in [2.24, 2.45) is 5.41 Å². The summed E-state index contributed by atoms with van der Waals surface area (Å²) in [4.78, 5) is 22.4. The summed E-state index contributed by atoms with van der Waals surface area (Å²) in [6.07, 6.45) is 2.33. The molecule has 3 heterocycles. The zero-order valence-electron chi connectivity index (χ0n) is 21.6. The Morgan fingerprint density at radius 1 is 1.08 bits per heavy atom. The Kier molecular flexibility index (Phi) is 6.81. The molecule has 0 N–H and O–H groups in total. The molecule has 0 atom stereocenters. The Bertz CT molecular complexity index is 1480. The van der Waals surface area contributed by atoms with E-state index in [-0.39, 0.29) is 27.6 Å². The van der Waals surface area contributed by atoms with Crippen molar-refractivity contribution in [1.82, 2.24) is 19.6 Å². The van der Waals surface area contributed by atoms with Crippen LogP contribution in [0.5, 0.6) is 0 Å². The van der Waals surface area contributed by atoms with Crippen LogP contribution in [0, 0.1) is 11.2 Å². The number of anilines is 1. The van der Waals surface area contributed by atoms with Gasteiger partial charge in [-0.15, -0.1) is 0 Å². The van der Waals surface area contributed by atoms with Crippen LogP contribution in [0.1, 0.15) is 32.2 Å². The second-order valence-electron chi connectivity index (χ2n) is 11.0. The SMILES string of the molecule is CN1CCN(c2cc3c(cc2F)c(=O)c(-c2noc(CC(C)(C)C)n2)cn3Cc2ccc(Cl)cc2)CC1. The first-order chi connectivity index (χ1) is 17.6. The minimum absolute atomic E-state index is 0.0508. The molecule has 1 aliphatic rings. The summed E-state index contributed by atoms with van der Waals surface area (Å²) < 4.78 is 22.8. The van der Waals surface area contributed by atoms with Crippen molar-refractivity contribution in [2.45, 2.75) is 33.7 Å². The molecule has 1 saturated heterocycles. The fourth-order valence-electron chi connectivity index (χ4n) is 4.66. The number of fused-ring (bicyclic) bond motifs is 1. The summed E-state index contributed by atoms with van der Waals surface area (Å²) in [5, 5.41) is 5.02. The molecular formula is C28H31ClFN5O2. The molecule has 37 heavy (non-hydrogen) atoms. The third-order valence-corrected chi connectivity index (χ3v) is 6.90. The number of likely N-dealkylation sites (N-methyl/N-ethyl adjacent to an activating group) is 1. The largest absolute Gasteiger partial charge is 0.367 e. The van der Waals surface area contributed by atoms with Crippen molar-refractivity contribution in [2.75, 3.05) is 38.1 Å². The number of aromatic nitrogens is 3. The van der Waals surface area contributed by atoms with Gasteiger partial charge in [0.15, 0.2) is 0 Å². The molecule has 194 valence electrons. The summed E-state index contributed by atoms with van der Waals surface area (Å²) in [6, 6.07) is 10.7. The van der Waals surface area contributed by atoms with Crippen molar-refractivity contribution in [3.05, 3.63) is 75.1 Å². The van der Waals surface area contributed by atoms with Crippen LogP contribution < -0.4 is 10.3 Å². The summed E-state index contributed by atoms with van der Waals surface area (Å²) >= 11 is 6.09. The van der Waals surface area contributed by atoms with Crippen molar-refractivity contribution in [3.63, 3.8) is 0 Å². The first kappa shape index (κ1) is 25.4. The predicted molar refractivity (Wildman–Crippen MR) is 145 cm³/mol. The lowest BCUT2D eigenvalue weighted by Gasteiger charge is -2.34. The van der Waals surface area contributed by atoms with Gasteiger partial charge in [-0.2, -0.15) is 4.98 Å². The van der Waals surface area contributed by atoms with Crippen LogP contribution in [0.25, 0.3) is 22.3 Å². The molecule has 7 nitrogen and oxygen atoms in total. The van der Waals surface area contributed by atoms with E-state index in [9.17, 15) is 4.79 Å². The van der Waals surface area contributed by atoms with Gasteiger partial charge in [-0.25, -0.2) is 4.39 Å². The second-order valence-corrected chi connectivity index (χ2v) is 11.4. The average Bonchev–Trinajstić information content (AvgIpc) is 3.29. The van der Waals surface area contributed by atoms with Crippen LogP contribution in [0.15, 0.2) is 51.9 Å². The number of hydrogen-bond donors (Lipinski definition) is 0. The fraction of sp³-hybridized carbons (Fsp3) is 0.393. The van der Waals surface area contributed by atoms with E-state index in [1.165, 1.54) is 6.07 Å². The molecular weight excluding hydrogens is 493 g/mol. The van der Waals surface area contributed by atoms with E-state index in [1.807, 2.05) is 33.7 Å². The minimum atomic E-state index is -0.411. The highest BCUT2D eigenvalue weighted by molar-refractivity contribution is 6.30. The highest BCUT2D eigenvalue weighted by Gasteiger charge is 2.23. The third-order valence-electron chi connectivity index (χ3n) is 6.65. The third kappa shape index (κ3) is 5.55. The zero-order chi connectivity index (χ0) is 26.3. The van der Waals surface area contributed by atoms with E-state index in [2.05, 4.69) is 42.9 Å². The van der Waals surface area contributed by atoms with Gasteiger partial charge < -0.3 is 18.9 Å². The summed E-state index contributed by atoms with van der Waals surface area (Å²) in [7, 11) is 2.06. The Labute approximate surface area is 220 Å². The monoisotopic (exact) mass is 523 g/mol. The lowest BCUT2D eigenvalue weighted by molar-refractivity contribution is 0.312. The second kappa shape index (κ2) is 9.91. The van der Waals surface area contributed by atoms with Gasteiger partial charge in [-0.05, 0) is 42.3 Å². The smallest absolute Gasteiger partial charge is 0.227 e. The number of rotatable bonds is 5. The molecule has 5 rings (SSSR count). The van der Waals surface area contributed by atoms with Crippen molar-refractivity contribution >= 4 is 28.2 Å². The topological polar surface area (TPSA) is 67.4 Å². The average molecular weight is 524 g/mol. The van der Waals surface area contributed by atoms with Gasteiger partial charge in [0.2, 0.25) is 17.1 Å². The van der Waals surface area contributed by atoms with Gasteiger partial charge >= 0.3 is 0 Å². The van der Waals surface area contributed by atoms with Crippen LogP contribution in [-0.2, 0) is 13.0 Å². The van der Waals surface area contributed by atoms with E-state index in [1.54, 1.807) is 12.3 Å². The van der Waals surface area contributed by atoms with Gasteiger partial charge in [0.1, 0.15) is 5.82 Å². The molecule has 0 unspecified atom stereocenters. The highest BCUT2D eigenvalue weighted by Crippen LogP contribution is 2.29. The van der Waals surface area contributed by atoms with Crippen LogP contribution in [0.2, 0.25) is 5.02 Å². The number of nitrogens with zero attached hydrogens (tertiary/aromatic N) is 5. The molecule has 0 bridgehead atoms. The van der Waals surface area contributed by atoms with Crippen LogP contribution in [0.4, 0.5) is 10.1 Å². The number of piperazine rings is 1. The predicted octanol–water partition coefficient (Wildman–Crippen LogP) is 5.23. The standard InChI is InChI=1S/C28H31ClFN5O2/c1-28(2,3)15-25-31-27(32-37-25)21-17-35(16-18-5-7-19(29)8-6-18)23-14-24(22(30)13-20(23)26(21)36)34-11-9-33(4)10-12-34/h5-8,13-14,17H,9-12,15-16H2,1-4H3. The molecule has 1 aliphatic heterocycles. The van der Waals surface area contributed by atoms with Crippen LogP contribution >= 0.6 is 11.6 Å². The normalized spacial score (nSPS) is 15.0. The van der Waals surface area contributed by atoms with E-state index in [0.29, 0.717) is 35.1 Å². The molecule has 2 aromatic carbocycles. The Hall–Kier alpha value is -3.23. The quantitative estimate of drug-likeness (QED) is 0.357. The van der Waals surface area contributed by atoms with E-state index >= 15 is 4.39 Å². The molecule has 0 radical (unpaired) electrons. The maximum Gasteiger partial charge on any atom is 0.227 e. The lowest BCUT2D eigenvalue weighted by Crippen LogP contribution is -2.44. The first-order valence-electron chi connectivity index (χ1n) is 12.4. The maximum absolute atomic E-state index is 15.4. The zero-order valence-corrected chi connectivity index (χ0v) is 22.3. The Morgan fingerprint density at radius 3 is 2.46 bits per heavy atom. The molecule has 4 aromatic rings. The molecule has 1 fully saturated rings. The van der Waals surface area contributed by atoms with Crippen molar-refractivity contribution in [1.29, 1.82) is 0 Å². The summed E-state index contributed by atoms with van der Waals surface area (Å²) in [5.74, 6) is 0.258. The lowest BCUT2D eigenvalue weighted by atomic mass is 9.92. The highest BCUT2D eigenvalue weighted by atomic mass is 35.5. The minimum Gasteiger partial charge on any atom is -0.367 e. The van der Waals surface area contributed by atoms with Gasteiger partial charge in [0.25, 0.3) is 0 Å². The molecule has 9 heteroatoms. The number of hydrogen-bond acceptors (Lipinski definition) is 6. The van der Waals surface area contributed by atoms with E-state index in [4.69, 9.17) is 16.1 Å². The molecule has 0 amide bonds. The summed E-state index contributed by atoms with van der Waals surface area (Å²) in [5.41, 5.74) is 2.05. The molecule has 2 aromatic heterocycles. The van der Waals surface area contributed by atoms with E-state index in [0.717, 1.165) is 31.7 Å². The van der Waals surface area contributed by atoms with Crippen LogP contribution in [-0.4, -0.2) is 52.8 Å². The van der Waals surface area contributed by atoms with Gasteiger partial charge in [0.05, 0.1) is 16.8 Å². The number of halogens is 2. The Morgan fingerprint density at radius 2 is 1.78 bits per heavy atom. The van der Waals surface area contributed by atoms with Gasteiger partial charge in [-0.1, -0.05) is 49.7 Å². The summed E-state index contributed by atoms with van der Waals surface area (Å²) in [6.45, 7) is 9.83. The van der Waals surface area contributed by atoms with Crippen molar-refractivity contribution in [3.8, 4) is 11.4 Å². The number of pyridine rings is 1. The molecule has 0 aliphatic carbocycles. The maximum atomic E-state index is 15.4. The first-order valence-corrected chi connectivity index (χ1v) is 12.8. The fourth-order valence-corrected chi connectivity index (χ4v) is 4.78. The molecule has 0 saturated carbocycles. The van der Waals surface area contributed by atoms with Crippen LogP contribution in [0.3, 0.4) is 0 Å².